The van der Waals surface area contributed by atoms with Gasteiger partial charge >= 0.3 is 0 Å². The number of hydrogen-bond acceptors (Lipinski definition) is 2. The van der Waals surface area contributed by atoms with Crippen LogP contribution in [0.4, 0.5) is 0 Å². The summed E-state index contributed by atoms with van der Waals surface area (Å²) in [7, 11) is 0. The number of thioether (sulfide) groups is 1. The smallest absolute Gasteiger partial charge is 0.181 e. The van der Waals surface area contributed by atoms with Gasteiger partial charge in [0.05, 0.1) is 0 Å². The van der Waals surface area contributed by atoms with Crippen LogP contribution in [0.2, 0.25) is 0 Å². The molecular weight excluding hydrogens is 206 g/mol. The highest BCUT2D eigenvalue weighted by molar-refractivity contribution is 7.98. The van der Waals surface area contributed by atoms with Crippen LogP contribution in [0.25, 0.3) is 5.69 Å². The third-order valence-corrected chi connectivity index (χ3v) is 2.91. The lowest BCUT2D eigenvalue weighted by Crippen LogP contribution is -2.01. The Morgan fingerprint density at radius 1 is 1.00 bits per heavy atom. The fourth-order valence-corrected chi connectivity index (χ4v) is 1.75. The Bertz CT molecular complexity index is 481. The Morgan fingerprint density at radius 3 is 2.13 bits per heavy atom. The molecule has 0 saturated carbocycles. The lowest BCUT2D eigenvalue weighted by Gasteiger charge is -2.05. The Labute approximate surface area is 92.6 Å². The summed E-state index contributed by atoms with van der Waals surface area (Å²) in [5.74, 6) is 0. The average Bonchev–Trinajstić information content (AvgIpc) is 2.30. The van der Waals surface area contributed by atoms with Gasteiger partial charge < -0.3 is 4.57 Å². The van der Waals surface area contributed by atoms with Gasteiger partial charge in [-0.05, 0) is 30.5 Å². The first-order valence-corrected chi connectivity index (χ1v) is 5.85. The average molecular weight is 217 g/mol. The molecule has 15 heavy (non-hydrogen) atoms. The summed E-state index contributed by atoms with van der Waals surface area (Å²) >= 11 is 1.72. The van der Waals surface area contributed by atoms with Crippen molar-refractivity contribution in [3.63, 3.8) is 0 Å². The Morgan fingerprint density at radius 2 is 1.60 bits per heavy atom. The largest absolute Gasteiger partial charge is 0.324 e. The highest BCUT2D eigenvalue weighted by atomic mass is 32.2. The van der Waals surface area contributed by atoms with E-state index in [0.29, 0.717) is 0 Å². The van der Waals surface area contributed by atoms with Gasteiger partial charge in [-0.15, -0.1) is 11.8 Å². The highest BCUT2D eigenvalue weighted by Gasteiger charge is 1.94. The maximum absolute atomic E-state index is 10.9. The van der Waals surface area contributed by atoms with Gasteiger partial charge in [0.1, 0.15) is 0 Å². The van der Waals surface area contributed by atoms with E-state index in [4.69, 9.17) is 0 Å². The van der Waals surface area contributed by atoms with E-state index in [-0.39, 0.29) is 5.43 Å². The standard InChI is InChI=1S/C12H11NOS/c1-15-12-4-2-10(3-5-12)13-8-6-11(14)7-9-13/h2-9H,1H3. The van der Waals surface area contributed by atoms with Crippen LogP contribution >= 0.6 is 11.8 Å². The van der Waals surface area contributed by atoms with Crippen LogP contribution in [0.5, 0.6) is 0 Å². The molecule has 0 atom stereocenters. The van der Waals surface area contributed by atoms with Crippen molar-refractivity contribution in [1.82, 2.24) is 4.57 Å². The van der Waals surface area contributed by atoms with E-state index in [9.17, 15) is 4.79 Å². The molecule has 0 bridgehead atoms. The van der Waals surface area contributed by atoms with Crippen molar-refractivity contribution in [3.8, 4) is 5.69 Å². The quantitative estimate of drug-likeness (QED) is 0.721. The second kappa shape index (κ2) is 4.36. The Kier molecular flexibility index (Phi) is 2.92. The number of benzene rings is 1. The molecule has 0 spiro atoms. The fourth-order valence-electron chi connectivity index (χ4n) is 1.34. The molecule has 0 amide bonds. The van der Waals surface area contributed by atoms with Crippen molar-refractivity contribution in [2.75, 3.05) is 6.26 Å². The summed E-state index contributed by atoms with van der Waals surface area (Å²) < 4.78 is 1.92. The maximum Gasteiger partial charge on any atom is 0.181 e. The SMILES string of the molecule is CSc1ccc(-n2ccc(=O)cc2)cc1. The van der Waals surface area contributed by atoms with E-state index in [0.717, 1.165) is 5.69 Å². The lowest BCUT2D eigenvalue weighted by molar-refractivity contribution is 1.04. The van der Waals surface area contributed by atoms with E-state index in [1.165, 1.54) is 4.90 Å². The third-order valence-electron chi connectivity index (χ3n) is 2.17. The molecule has 1 aromatic carbocycles. The number of nitrogens with zero attached hydrogens (tertiary/aromatic N) is 1. The van der Waals surface area contributed by atoms with Crippen molar-refractivity contribution in [2.45, 2.75) is 4.90 Å². The third kappa shape index (κ3) is 2.30. The van der Waals surface area contributed by atoms with Crippen LogP contribution in [0.1, 0.15) is 0 Å². The van der Waals surface area contributed by atoms with Gasteiger partial charge in [0, 0.05) is 35.1 Å². The van der Waals surface area contributed by atoms with Crippen LogP contribution < -0.4 is 5.43 Å². The second-order valence-electron chi connectivity index (χ2n) is 3.14. The van der Waals surface area contributed by atoms with Gasteiger partial charge in [-0.25, -0.2) is 0 Å². The summed E-state index contributed by atoms with van der Waals surface area (Å²) in [5.41, 5.74) is 1.10. The van der Waals surface area contributed by atoms with Crippen molar-refractivity contribution >= 4 is 11.8 Å². The molecule has 2 nitrogen and oxygen atoms in total. The predicted octanol–water partition coefficient (Wildman–Crippen LogP) is 2.56. The zero-order valence-corrected chi connectivity index (χ0v) is 9.20. The van der Waals surface area contributed by atoms with E-state index in [1.54, 1.807) is 36.3 Å². The number of rotatable bonds is 2. The molecular formula is C12H11NOS. The van der Waals surface area contributed by atoms with Gasteiger partial charge in [-0.3, -0.25) is 4.79 Å². The first-order chi connectivity index (χ1) is 7.29. The van der Waals surface area contributed by atoms with Crippen molar-refractivity contribution in [2.24, 2.45) is 0 Å². The van der Waals surface area contributed by atoms with E-state index in [2.05, 4.69) is 12.1 Å². The Balaban J connectivity index is 2.37. The maximum atomic E-state index is 10.9. The monoisotopic (exact) mass is 217 g/mol. The minimum Gasteiger partial charge on any atom is -0.324 e. The molecule has 0 saturated heterocycles. The molecule has 1 aromatic heterocycles. The summed E-state index contributed by atoms with van der Waals surface area (Å²) in [6, 6.07) is 11.3. The Hall–Kier alpha value is -1.48. The summed E-state index contributed by atoms with van der Waals surface area (Å²) in [5, 5.41) is 0. The van der Waals surface area contributed by atoms with Crippen LogP contribution in [0.3, 0.4) is 0 Å². The predicted molar refractivity (Wildman–Crippen MR) is 63.8 cm³/mol. The van der Waals surface area contributed by atoms with Crippen LogP contribution in [-0.2, 0) is 0 Å². The van der Waals surface area contributed by atoms with Crippen LogP contribution in [-0.4, -0.2) is 10.8 Å². The normalized spacial score (nSPS) is 10.2. The summed E-state index contributed by atoms with van der Waals surface area (Å²) in [4.78, 5) is 12.2. The van der Waals surface area contributed by atoms with E-state index >= 15 is 0 Å². The number of aromatic nitrogens is 1. The molecule has 0 aliphatic rings. The minimum absolute atomic E-state index is 0.0342. The molecule has 76 valence electrons. The van der Waals surface area contributed by atoms with Gasteiger partial charge in [0.2, 0.25) is 0 Å². The zero-order valence-electron chi connectivity index (χ0n) is 8.38. The van der Waals surface area contributed by atoms with Gasteiger partial charge in [-0.2, -0.15) is 0 Å². The molecule has 0 unspecified atom stereocenters. The van der Waals surface area contributed by atoms with Crippen molar-refractivity contribution < 1.29 is 0 Å². The molecule has 2 rings (SSSR count). The zero-order chi connectivity index (χ0) is 10.7. The number of pyridine rings is 1. The molecule has 0 radical (unpaired) electrons. The lowest BCUT2D eigenvalue weighted by atomic mass is 10.3. The van der Waals surface area contributed by atoms with E-state index in [1.807, 2.05) is 23.0 Å². The molecule has 0 aliphatic heterocycles. The summed E-state index contributed by atoms with van der Waals surface area (Å²) in [6.07, 6.45) is 5.60. The molecule has 0 aliphatic carbocycles. The van der Waals surface area contributed by atoms with E-state index < -0.39 is 0 Å². The number of hydrogen-bond donors (Lipinski definition) is 0. The summed E-state index contributed by atoms with van der Waals surface area (Å²) in [6.45, 7) is 0. The molecule has 2 aromatic rings. The topological polar surface area (TPSA) is 22.0 Å². The van der Waals surface area contributed by atoms with Gasteiger partial charge in [-0.1, -0.05) is 0 Å². The van der Waals surface area contributed by atoms with Gasteiger partial charge in [0.25, 0.3) is 0 Å². The van der Waals surface area contributed by atoms with Gasteiger partial charge in [0.15, 0.2) is 5.43 Å². The van der Waals surface area contributed by atoms with Crippen molar-refractivity contribution in [3.05, 3.63) is 59.0 Å². The molecule has 3 heteroatoms. The first kappa shape index (κ1) is 10.1. The van der Waals surface area contributed by atoms with Crippen LogP contribution in [0, 0.1) is 0 Å². The van der Waals surface area contributed by atoms with Crippen LogP contribution in [0.15, 0.2) is 58.5 Å². The molecule has 1 heterocycles. The second-order valence-corrected chi connectivity index (χ2v) is 4.02. The molecule has 0 N–H and O–H groups in total. The first-order valence-electron chi connectivity index (χ1n) is 4.62. The fraction of sp³-hybridized carbons (Fsp3) is 0.0833. The molecule has 0 fully saturated rings. The van der Waals surface area contributed by atoms with Crippen molar-refractivity contribution in [1.29, 1.82) is 0 Å². The highest BCUT2D eigenvalue weighted by Crippen LogP contribution is 2.16. The minimum atomic E-state index is 0.0342.